The van der Waals surface area contributed by atoms with Crippen LogP contribution >= 0.6 is 0 Å². The average Bonchev–Trinajstić information content (AvgIpc) is 2.92. The zero-order valence-electron chi connectivity index (χ0n) is 23.8. The Labute approximate surface area is 234 Å². The maximum atomic E-state index is 13.3. The van der Waals surface area contributed by atoms with Gasteiger partial charge in [-0.1, -0.05) is 18.2 Å². The smallest absolute Gasteiger partial charge is 0.163 e. The number of aromatic nitrogens is 3. The molecule has 3 aromatic carbocycles. The standard InChI is InChI=1S/C34H33N3O3/c1-19-15-27-20(2)24(23-16-35-18-36-17-23)7-8-25(27)31(29(19)33(21(3)38)40-34(4,5)6)26-9-10-28-30-22(12-14-39-28)11-13-37-32(26)30/h7-11,13,15-18,33H,12,14H2,1-6H3/t33-/m1/s1. The molecule has 0 amide bonds. The number of hydrogen-bond acceptors (Lipinski definition) is 6. The lowest BCUT2D eigenvalue weighted by atomic mass is 9.83. The Morgan fingerprint density at radius 1 is 1.00 bits per heavy atom. The Morgan fingerprint density at radius 3 is 2.48 bits per heavy atom. The normalized spacial score (nSPS) is 13.8. The van der Waals surface area contributed by atoms with E-state index in [1.165, 1.54) is 5.56 Å². The van der Waals surface area contributed by atoms with Gasteiger partial charge in [0, 0.05) is 41.5 Å². The highest BCUT2D eigenvalue weighted by Crippen LogP contribution is 2.46. The fraction of sp³-hybridized carbons (Fsp3) is 0.294. The van der Waals surface area contributed by atoms with Crippen molar-refractivity contribution in [3.63, 3.8) is 0 Å². The van der Waals surface area contributed by atoms with Crippen molar-refractivity contribution >= 4 is 27.5 Å². The number of ether oxygens (including phenoxy) is 2. The highest BCUT2D eigenvalue weighted by molar-refractivity contribution is 6.10. The van der Waals surface area contributed by atoms with Crippen molar-refractivity contribution in [1.29, 1.82) is 0 Å². The van der Waals surface area contributed by atoms with Gasteiger partial charge >= 0.3 is 0 Å². The number of carbonyl (C=O) groups excluding carboxylic acids is 1. The molecule has 6 rings (SSSR count). The molecule has 0 saturated heterocycles. The summed E-state index contributed by atoms with van der Waals surface area (Å²) in [5.41, 5.74) is 8.55. The number of hydrogen-bond donors (Lipinski definition) is 0. The molecule has 0 fully saturated rings. The number of Topliss-reactive ketones (excluding diaryl/α,β-unsaturated/α-hetero) is 1. The monoisotopic (exact) mass is 531 g/mol. The molecule has 6 nitrogen and oxygen atoms in total. The first kappa shape index (κ1) is 26.1. The largest absolute Gasteiger partial charge is 0.493 e. The number of benzene rings is 3. The van der Waals surface area contributed by atoms with Crippen molar-refractivity contribution in [1.82, 2.24) is 15.0 Å². The van der Waals surface area contributed by atoms with Crippen molar-refractivity contribution in [2.75, 3.05) is 6.61 Å². The van der Waals surface area contributed by atoms with Crippen molar-refractivity contribution in [2.24, 2.45) is 0 Å². The van der Waals surface area contributed by atoms with Crippen molar-refractivity contribution in [2.45, 2.75) is 59.7 Å². The first-order chi connectivity index (χ1) is 19.1. The van der Waals surface area contributed by atoms with Gasteiger partial charge in [0.25, 0.3) is 0 Å². The molecular weight excluding hydrogens is 498 g/mol. The zero-order chi connectivity index (χ0) is 28.2. The maximum Gasteiger partial charge on any atom is 0.163 e. The van der Waals surface area contributed by atoms with E-state index in [1.54, 1.807) is 13.3 Å². The predicted molar refractivity (Wildman–Crippen MR) is 159 cm³/mol. The number of nitrogens with zero attached hydrogens (tertiary/aromatic N) is 3. The molecule has 6 heteroatoms. The van der Waals surface area contributed by atoms with Gasteiger partial charge < -0.3 is 9.47 Å². The third kappa shape index (κ3) is 4.42. The van der Waals surface area contributed by atoms with Crippen molar-refractivity contribution < 1.29 is 14.3 Å². The minimum atomic E-state index is -0.732. The summed E-state index contributed by atoms with van der Waals surface area (Å²) in [6, 6.07) is 12.6. The first-order valence-corrected chi connectivity index (χ1v) is 13.7. The topological polar surface area (TPSA) is 74.2 Å². The van der Waals surface area contributed by atoms with Gasteiger partial charge in [-0.3, -0.25) is 9.78 Å². The Morgan fingerprint density at radius 2 is 1.75 bits per heavy atom. The molecule has 40 heavy (non-hydrogen) atoms. The Hall–Kier alpha value is -4.16. The Balaban J connectivity index is 1.73. The second-order valence-corrected chi connectivity index (χ2v) is 11.6. The van der Waals surface area contributed by atoms with Gasteiger partial charge in [0.05, 0.1) is 17.7 Å². The fourth-order valence-electron chi connectivity index (χ4n) is 5.95. The molecule has 0 unspecified atom stereocenters. The first-order valence-electron chi connectivity index (χ1n) is 13.7. The van der Waals surface area contributed by atoms with Crippen LogP contribution < -0.4 is 4.74 Å². The van der Waals surface area contributed by atoms with E-state index in [4.69, 9.17) is 14.5 Å². The molecule has 1 aliphatic rings. The predicted octanol–water partition coefficient (Wildman–Crippen LogP) is 7.51. The zero-order valence-corrected chi connectivity index (χ0v) is 23.8. The second kappa shape index (κ2) is 9.79. The molecule has 1 atom stereocenters. The Kier molecular flexibility index (Phi) is 6.38. The van der Waals surface area contributed by atoms with Crippen molar-refractivity contribution in [3.05, 3.63) is 83.6 Å². The van der Waals surface area contributed by atoms with E-state index in [-0.39, 0.29) is 5.78 Å². The number of pyridine rings is 1. The lowest BCUT2D eigenvalue weighted by Crippen LogP contribution is -2.27. The van der Waals surface area contributed by atoms with Crippen LogP contribution in [-0.2, 0) is 16.0 Å². The molecule has 0 aliphatic carbocycles. The number of carbonyl (C=O) groups is 1. The highest BCUT2D eigenvalue weighted by Gasteiger charge is 2.31. The minimum Gasteiger partial charge on any atom is -0.493 e. The van der Waals surface area contributed by atoms with E-state index < -0.39 is 11.7 Å². The quantitative estimate of drug-likeness (QED) is 0.234. The summed E-state index contributed by atoms with van der Waals surface area (Å²) in [5, 5.41) is 3.19. The van der Waals surface area contributed by atoms with Crippen LogP contribution in [0.3, 0.4) is 0 Å². The van der Waals surface area contributed by atoms with Gasteiger partial charge in [-0.05, 0) is 104 Å². The van der Waals surface area contributed by atoms with E-state index in [1.807, 2.05) is 45.4 Å². The molecule has 0 saturated carbocycles. The molecule has 0 spiro atoms. The molecule has 0 bridgehead atoms. The van der Waals surface area contributed by atoms with Crippen LogP contribution in [0.15, 0.2) is 61.3 Å². The Bertz CT molecular complexity index is 1780. The SMILES string of the molecule is CC(=O)[C@@H](OC(C)(C)C)c1c(C)cc2c(C)c(-c3cncnc3)ccc2c1-c1ccc2c3c(ccnc13)CCO2. The van der Waals surface area contributed by atoms with Gasteiger partial charge in [-0.2, -0.15) is 0 Å². The van der Waals surface area contributed by atoms with E-state index >= 15 is 0 Å². The summed E-state index contributed by atoms with van der Waals surface area (Å²) in [4.78, 5) is 26.6. The van der Waals surface area contributed by atoms with E-state index in [9.17, 15) is 4.79 Å². The number of ketones is 1. The van der Waals surface area contributed by atoms with Crippen LogP contribution in [-0.4, -0.2) is 32.9 Å². The van der Waals surface area contributed by atoms with E-state index in [2.05, 4.69) is 54.1 Å². The maximum absolute atomic E-state index is 13.3. The third-order valence-corrected chi connectivity index (χ3v) is 7.65. The average molecular weight is 532 g/mol. The highest BCUT2D eigenvalue weighted by atomic mass is 16.5. The van der Waals surface area contributed by atoms with Crippen LogP contribution in [0.2, 0.25) is 0 Å². The number of fused-ring (bicyclic) bond motifs is 1. The summed E-state index contributed by atoms with van der Waals surface area (Å²) in [5.74, 6) is 0.815. The van der Waals surface area contributed by atoms with Gasteiger partial charge in [0.2, 0.25) is 0 Å². The van der Waals surface area contributed by atoms with Gasteiger partial charge in [-0.15, -0.1) is 0 Å². The second-order valence-electron chi connectivity index (χ2n) is 11.6. The summed E-state index contributed by atoms with van der Waals surface area (Å²) in [7, 11) is 0. The number of rotatable bonds is 5. The summed E-state index contributed by atoms with van der Waals surface area (Å²) >= 11 is 0. The van der Waals surface area contributed by atoms with Crippen molar-refractivity contribution in [3.8, 4) is 28.0 Å². The summed E-state index contributed by atoms with van der Waals surface area (Å²) in [6.45, 7) is 12.4. The summed E-state index contributed by atoms with van der Waals surface area (Å²) < 4.78 is 12.5. The third-order valence-electron chi connectivity index (χ3n) is 7.65. The molecular formula is C34H33N3O3. The summed E-state index contributed by atoms with van der Waals surface area (Å²) in [6.07, 6.45) is 7.19. The minimum absolute atomic E-state index is 0.0348. The van der Waals surface area contributed by atoms with E-state index in [0.717, 1.165) is 72.8 Å². The van der Waals surface area contributed by atoms with Crippen LogP contribution in [0.4, 0.5) is 0 Å². The number of aryl methyl sites for hydroxylation is 2. The lowest BCUT2D eigenvalue weighted by Gasteiger charge is -2.30. The van der Waals surface area contributed by atoms with Gasteiger partial charge in [0.15, 0.2) is 5.78 Å². The van der Waals surface area contributed by atoms with Crippen LogP contribution in [0.25, 0.3) is 43.9 Å². The van der Waals surface area contributed by atoms with Gasteiger partial charge in [-0.25, -0.2) is 9.97 Å². The van der Waals surface area contributed by atoms with Crippen LogP contribution in [0.1, 0.15) is 56.1 Å². The van der Waals surface area contributed by atoms with Crippen LogP contribution in [0.5, 0.6) is 5.75 Å². The molecule has 3 heterocycles. The molecule has 202 valence electrons. The fourth-order valence-corrected chi connectivity index (χ4v) is 5.95. The van der Waals surface area contributed by atoms with Gasteiger partial charge in [0.1, 0.15) is 18.2 Å². The van der Waals surface area contributed by atoms with Crippen LogP contribution in [0, 0.1) is 13.8 Å². The lowest BCUT2D eigenvalue weighted by molar-refractivity contribution is -0.138. The molecule has 0 radical (unpaired) electrons. The molecule has 0 N–H and O–H groups in total. The molecule has 5 aromatic rings. The van der Waals surface area contributed by atoms with E-state index in [0.29, 0.717) is 6.61 Å². The molecule has 1 aliphatic heterocycles. The molecule has 2 aromatic heterocycles.